The zero-order valence-electron chi connectivity index (χ0n) is 12.1. The van der Waals surface area contributed by atoms with Crippen LogP contribution in [0.25, 0.3) is 0 Å². The fraction of sp³-hybridized carbons (Fsp3) is 0.600. The Morgan fingerprint density at radius 1 is 1.37 bits per heavy atom. The standard InChI is InChI=1S/C15H22N2O2/c1-9(2)13(14(16)19)17-6-5-10-11(17)7-15(3,4)8-12(10)18/h5-6,9,13H,7-8H2,1-4H3,(H2,16,19). The Labute approximate surface area is 114 Å². The van der Waals surface area contributed by atoms with E-state index in [0.29, 0.717) is 6.42 Å². The second-order valence-electron chi connectivity index (χ2n) is 6.62. The quantitative estimate of drug-likeness (QED) is 0.908. The van der Waals surface area contributed by atoms with E-state index < -0.39 is 0 Å². The zero-order chi connectivity index (χ0) is 14.4. The summed E-state index contributed by atoms with van der Waals surface area (Å²) < 4.78 is 1.90. The van der Waals surface area contributed by atoms with Crippen molar-refractivity contribution in [2.75, 3.05) is 0 Å². The van der Waals surface area contributed by atoms with Crippen LogP contribution in [0.3, 0.4) is 0 Å². The van der Waals surface area contributed by atoms with Crippen molar-refractivity contribution in [1.29, 1.82) is 0 Å². The van der Waals surface area contributed by atoms with Crippen LogP contribution in [0.2, 0.25) is 0 Å². The monoisotopic (exact) mass is 262 g/mol. The van der Waals surface area contributed by atoms with Gasteiger partial charge in [0.15, 0.2) is 5.78 Å². The molecule has 4 nitrogen and oxygen atoms in total. The van der Waals surface area contributed by atoms with Gasteiger partial charge >= 0.3 is 0 Å². The summed E-state index contributed by atoms with van der Waals surface area (Å²) >= 11 is 0. The van der Waals surface area contributed by atoms with Crippen LogP contribution >= 0.6 is 0 Å². The lowest BCUT2D eigenvalue weighted by atomic mass is 9.76. The van der Waals surface area contributed by atoms with Crippen LogP contribution in [-0.4, -0.2) is 16.3 Å². The van der Waals surface area contributed by atoms with Crippen molar-refractivity contribution in [3.63, 3.8) is 0 Å². The number of aromatic nitrogens is 1. The summed E-state index contributed by atoms with van der Waals surface area (Å²) in [5, 5.41) is 0. The van der Waals surface area contributed by atoms with E-state index in [-0.39, 0.29) is 29.1 Å². The first-order valence-corrected chi connectivity index (χ1v) is 6.75. The molecule has 1 amide bonds. The molecule has 4 heteroatoms. The van der Waals surface area contributed by atoms with Crippen LogP contribution in [0.5, 0.6) is 0 Å². The van der Waals surface area contributed by atoms with Crippen molar-refractivity contribution >= 4 is 11.7 Å². The fourth-order valence-corrected chi connectivity index (χ4v) is 3.01. The van der Waals surface area contributed by atoms with Crippen LogP contribution in [0.4, 0.5) is 0 Å². The molecule has 104 valence electrons. The molecule has 0 spiro atoms. The molecule has 1 aliphatic carbocycles. The number of rotatable bonds is 3. The molecule has 1 aliphatic rings. The first-order chi connectivity index (χ1) is 8.73. The number of primary amides is 1. The third-order valence-corrected chi connectivity index (χ3v) is 3.83. The van der Waals surface area contributed by atoms with Crippen LogP contribution in [0.15, 0.2) is 12.3 Å². The molecule has 1 heterocycles. The van der Waals surface area contributed by atoms with E-state index in [1.807, 2.05) is 30.7 Å². The van der Waals surface area contributed by atoms with E-state index in [2.05, 4.69) is 13.8 Å². The normalized spacial score (nSPS) is 19.3. The lowest BCUT2D eigenvalue weighted by Gasteiger charge is -2.31. The highest BCUT2D eigenvalue weighted by atomic mass is 16.1. The summed E-state index contributed by atoms with van der Waals surface area (Å²) in [7, 11) is 0. The Morgan fingerprint density at radius 3 is 2.53 bits per heavy atom. The highest BCUT2D eigenvalue weighted by Crippen LogP contribution is 2.37. The van der Waals surface area contributed by atoms with E-state index >= 15 is 0 Å². The SMILES string of the molecule is CC(C)C(C(N)=O)n1ccc2c1CC(C)(C)CC2=O. The van der Waals surface area contributed by atoms with Crippen LogP contribution in [0, 0.1) is 11.3 Å². The van der Waals surface area contributed by atoms with Gasteiger partial charge in [0.05, 0.1) is 0 Å². The number of ketones is 1. The Balaban J connectivity index is 2.51. The molecular weight excluding hydrogens is 240 g/mol. The molecule has 1 aromatic heterocycles. The average molecular weight is 262 g/mol. The second-order valence-corrected chi connectivity index (χ2v) is 6.62. The van der Waals surface area contributed by atoms with E-state index in [0.717, 1.165) is 17.7 Å². The first kappa shape index (κ1) is 13.8. The smallest absolute Gasteiger partial charge is 0.240 e. The van der Waals surface area contributed by atoms with Crippen molar-refractivity contribution in [2.24, 2.45) is 17.1 Å². The predicted octanol–water partition coefficient (Wildman–Crippen LogP) is 2.33. The highest BCUT2D eigenvalue weighted by Gasteiger charge is 2.35. The van der Waals surface area contributed by atoms with Gasteiger partial charge in [-0.2, -0.15) is 0 Å². The third-order valence-electron chi connectivity index (χ3n) is 3.83. The van der Waals surface area contributed by atoms with Gasteiger partial charge in [0.1, 0.15) is 6.04 Å². The number of fused-ring (bicyclic) bond motifs is 1. The minimum Gasteiger partial charge on any atom is -0.368 e. The topological polar surface area (TPSA) is 65.1 Å². The first-order valence-electron chi connectivity index (χ1n) is 6.75. The summed E-state index contributed by atoms with van der Waals surface area (Å²) in [5.74, 6) is -0.0738. The van der Waals surface area contributed by atoms with Gasteiger partial charge < -0.3 is 10.3 Å². The van der Waals surface area contributed by atoms with Crippen LogP contribution < -0.4 is 5.73 Å². The van der Waals surface area contributed by atoms with Gasteiger partial charge in [-0.05, 0) is 23.8 Å². The lowest BCUT2D eigenvalue weighted by molar-refractivity contribution is -0.122. The molecule has 0 fully saturated rings. The van der Waals surface area contributed by atoms with E-state index in [1.165, 1.54) is 0 Å². The number of nitrogens with two attached hydrogens (primary N) is 1. The maximum atomic E-state index is 12.1. The zero-order valence-corrected chi connectivity index (χ0v) is 12.1. The number of carbonyl (C=O) groups is 2. The molecule has 0 bridgehead atoms. The van der Waals surface area contributed by atoms with E-state index in [9.17, 15) is 9.59 Å². The third kappa shape index (κ3) is 2.44. The van der Waals surface area contributed by atoms with E-state index in [4.69, 9.17) is 5.73 Å². The van der Waals surface area contributed by atoms with Gasteiger partial charge in [-0.15, -0.1) is 0 Å². The largest absolute Gasteiger partial charge is 0.368 e. The number of Topliss-reactive ketones (excluding diaryl/α,β-unsaturated/α-hetero) is 1. The van der Waals surface area contributed by atoms with Crippen molar-refractivity contribution in [1.82, 2.24) is 4.57 Å². The molecule has 1 atom stereocenters. The maximum Gasteiger partial charge on any atom is 0.240 e. The van der Waals surface area contributed by atoms with Gasteiger partial charge in [-0.1, -0.05) is 27.7 Å². The Kier molecular flexibility index (Phi) is 3.29. The molecular formula is C15H22N2O2. The van der Waals surface area contributed by atoms with Gasteiger partial charge in [0.25, 0.3) is 0 Å². The summed E-state index contributed by atoms with van der Waals surface area (Å²) in [6.45, 7) is 8.11. The van der Waals surface area contributed by atoms with Gasteiger partial charge in [0.2, 0.25) is 5.91 Å². The lowest BCUT2D eigenvalue weighted by Crippen LogP contribution is -2.34. The summed E-state index contributed by atoms with van der Waals surface area (Å²) in [6.07, 6.45) is 3.20. The molecule has 1 aromatic rings. The van der Waals surface area contributed by atoms with Crippen LogP contribution in [0.1, 0.15) is 56.2 Å². The molecule has 19 heavy (non-hydrogen) atoms. The summed E-state index contributed by atoms with van der Waals surface area (Å²) in [4.78, 5) is 23.8. The fourth-order valence-electron chi connectivity index (χ4n) is 3.01. The molecule has 0 saturated carbocycles. The van der Waals surface area contributed by atoms with Crippen molar-refractivity contribution < 1.29 is 9.59 Å². The molecule has 0 aliphatic heterocycles. The summed E-state index contributed by atoms with van der Waals surface area (Å²) in [5.41, 5.74) is 7.18. The summed E-state index contributed by atoms with van der Waals surface area (Å²) in [6, 6.07) is 1.44. The number of hydrogen-bond donors (Lipinski definition) is 1. The number of hydrogen-bond acceptors (Lipinski definition) is 2. The van der Waals surface area contributed by atoms with Gasteiger partial charge in [0, 0.05) is 23.9 Å². The molecule has 2 N–H and O–H groups in total. The predicted molar refractivity (Wildman–Crippen MR) is 73.9 cm³/mol. The molecule has 2 rings (SSSR count). The number of amides is 1. The molecule has 0 radical (unpaired) electrons. The average Bonchev–Trinajstić information content (AvgIpc) is 2.59. The Bertz CT molecular complexity index is 526. The molecule has 0 aromatic carbocycles. The minimum absolute atomic E-state index is 0.0562. The van der Waals surface area contributed by atoms with Crippen molar-refractivity contribution in [2.45, 2.75) is 46.6 Å². The van der Waals surface area contributed by atoms with Crippen LogP contribution in [-0.2, 0) is 11.2 Å². The Hall–Kier alpha value is -1.58. The highest BCUT2D eigenvalue weighted by molar-refractivity contribution is 5.99. The number of nitrogens with zero attached hydrogens (tertiary/aromatic N) is 1. The van der Waals surface area contributed by atoms with E-state index in [1.54, 1.807) is 0 Å². The molecule has 1 unspecified atom stereocenters. The second kappa shape index (κ2) is 4.51. The van der Waals surface area contributed by atoms with Crippen molar-refractivity contribution in [3.8, 4) is 0 Å². The number of carbonyl (C=O) groups excluding carboxylic acids is 2. The van der Waals surface area contributed by atoms with Gasteiger partial charge in [-0.3, -0.25) is 9.59 Å². The Morgan fingerprint density at radius 2 is 2.00 bits per heavy atom. The minimum atomic E-state index is -0.384. The van der Waals surface area contributed by atoms with Crippen molar-refractivity contribution in [3.05, 3.63) is 23.5 Å². The van der Waals surface area contributed by atoms with Gasteiger partial charge in [-0.25, -0.2) is 0 Å². The maximum absolute atomic E-state index is 12.1. The molecule has 0 saturated heterocycles.